The lowest BCUT2D eigenvalue weighted by Gasteiger charge is -2.10. The van der Waals surface area contributed by atoms with Gasteiger partial charge in [0.25, 0.3) is 11.8 Å². The maximum Gasteiger partial charge on any atom is 0.347 e. The van der Waals surface area contributed by atoms with Crippen molar-refractivity contribution in [2.75, 3.05) is 5.73 Å². The van der Waals surface area contributed by atoms with Gasteiger partial charge < -0.3 is 10.7 Å². The van der Waals surface area contributed by atoms with Gasteiger partial charge in [-0.3, -0.25) is 14.5 Å². The first-order chi connectivity index (χ1) is 7.59. The molecule has 1 fully saturated rings. The number of rotatable bonds is 1. The van der Waals surface area contributed by atoms with Crippen molar-refractivity contribution in [3.63, 3.8) is 0 Å². The molecule has 1 aromatic heterocycles. The van der Waals surface area contributed by atoms with Crippen molar-refractivity contribution >= 4 is 17.6 Å². The molecule has 0 atom stereocenters. The number of nitrogens with zero attached hydrogens (tertiary/aromatic N) is 2. The number of hydrogen-bond acceptors (Lipinski definition) is 5. The van der Waals surface area contributed by atoms with Crippen LogP contribution in [-0.4, -0.2) is 32.7 Å². The number of nitrogen functional groups attached to an aromatic ring is 1. The van der Waals surface area contributed by atoms with Gasteiger partial charge in [-0.15, -0.1) is 0 Å². The maximum absolute atomic E-state index is 11.9. The van der Waals surface area contributed by atoms with Gasteiger partial charge in [-0.2, -0.15) is 4.98 Å². The molecule has 2 aliphatic rings. The number of H-pyrrole nitrogens is 1. The SMILES string of the molecule is Nc1nc(=O)[nH]c2c1C(=O)N(C1CC1)C2=O. The lowest BCUT2D eigenvalue weighted by molar-refractivity contribution is 0.0641. The molecule has 0 bridgehead atoms. The lowest BCUT2D eigenvalue weighted by Crippen LogP contribution is -2.32. The normalized spacial score (nSPS) is 19.1. The maximum atomic E-state index is 11.9. The molecule has 0 radical (unpaired) electrons. The highest BCUT2D eigenvalue weighted by Gasteiger charge is 2.46. The summed E-state index contributed by atoms with van der Waals surface area (Å²) in [4.78, 5) is 41.6. The molecule has 1 aliphatic heterocycles. The van der Waals surface area contributed by atoms with Crippen LogP contribution in [0.25, 0.3) is 0 Å². The summed E-state index contributed by atoms with van der Waals surface area (Å²) in [7, 11) is 0. The summed E-state index contributed by atoms with van der Waals surface area (Å²) in [5.41, 5.74) is 4.76. The number of nitrogens with two attached hydrogens (primary N) is 1. The highest BCUT2D eigenvalue weighted by atomic mass is 16.2. The number of amides is 2. The number of fused-ring (bicyclic) bond motifs is 1. The van der Waals surface area contributed by atoms with Crippen molar-refractivity contribution in [3.8, 4) is 0 Å². The zero-order valence-corrected chi connectivity index (χ0v) is 8.19. The van der Waals surface area contributed by atoms with Crippen LogP contribution in [0.15, 0.2) is 4.79 Å². The molecule has 0 aromatic carbocycles. The highest BCUT2D eigenvalue weighted by molar-refractivity contribution is 6.22. The largest absolute Gasteiger partial charge is 0.383 e. The number of anilines is 1. The van der Waals surface area contributed by atoms with E-state index in [-0.39, 0.29) is 23.1 Å². The summed E-state index contributed by atoms with van der Waals surface area (Å²) in [5, 5.41) is 0. The number of aromatic nitrogens is 2. The molecule has 1 aromatic rings. The number of imide groups is 1. The Morgan fingerprint density at radius 2 is 1.94 bits per heavy atom. The summed E-state index contributed by atoms with van der Waals surface area (Å²) in [6.45, 7) is 0. The first-order valence-electron chi connectivity index (χ1n) is 4.87. The second kappa shape index (κ2) is 2.69. The molecular formula is C9H8N4O3. The molecular weight excluding hydrogens is 212 g/mol. The van der Waals surface area contributed by atoms with Crippen LogP contribution in [0.5, 0.6) is 0 Å². The number of aromatic amines is 1. The van der Waals surface area contributed by atoms with Gasteiger partial charge in [0, 0.05) is 6.04 Å². The monoisotopic (exact) mass is 220 g/mol. The van der Waals surface area contributed by atoms with E-state index < -0.39 is 17.5 Å². The minimum absolute atomic E-state index is 0.0245. The van der Waals surface area contributed by atoms with E-state index in [4.69, 9.17) is 5.73 Å². The molecule has 1 aliphatic carbocycles. The average molecular weight is 220 g/mol. The minimum Gasteiger partial charge on any atom is -0.383 e. The van der Waals surface area contributed by atoms with Crippen LogP contribution in [0.3, 0.4) is 0 Å². The second-order valence-corrected chi connectivity index (χ2v) is 3.89. The Morgan fingerprint density at radius 1 is 1.25 bits per heavy atom. The topological polar surface area (TPSA) is 109 Å². The van der Waals surface area contributed by atoms with Crippen molar-refractivity contribution in [1.29, 1.82) is 0 Å². The van der Waals surface area contributed by atoms with Crippen molar-refractivity contribution in [1.82, 2.24) is 14.9 Å². The van der Waals surface area contributed by atoms with E-state index in [2.05, 4.69) is 9.97 Å². The van der Waals surface area contributed by atoms with Gasteiger partial charge in [0.2, 0.25) is 0 Å². The van der Waals surface area contributed by atoms with Gasteiger partial charge in [0.15, 0.2) is 0 Å². The van der Waals surface area contributed by atoms with Crippen LogP contribution in [-0.2, 0) is 0 Å². The third-order valence-corrected chi connectivity index (χ3v) is 2.74. The molecule has 82 valence electrons. The zero-order chi connectivity index (χ0) is 11.4. The smallest absolute Gasteiger partial charge is 0.347 e. The molecule has 0 saturated heterocycles. The minimum atomic E-state index is -0.713. The Bertz CT molecular complexity index is 573. The van der Waals surface area contributed by atoms with Gasteiger partial charge in [-0.1, -0.05) is 0 Å². The van der Waals surface area contributed by atoms with Gasteiger partial charge in [-0.25, -0.2) is 4.79 Å². The molecule has 7 nitrogen and oxygen atoms in total. The predicted molar refractivity (Wildman–Crippen MR) is 52.8 cm³/mol. The van der Waals surface area contributed by atoms with Crippen LogP contribution in [0.2, 0.25) is 0 Å². The Kier molecular flexibility index (Phi) is 1.52. The molecule has 7 heteroatoms. The van der Waals surface area contributed by atoms with Crippen molar-refractivity contribution in [3.05, 3.63) is 21.7 Å². The molecule has 0 spiro atoms. The van der Waals surface area contributed by atoms with Crippen LogP contribution in [0.1, 0.15) is 33.7 Å². The summed E-state index contributed by atoms with van der Waals surface area (Å²) >= 11 is 0. The Morgan fingerprint density at radius 3 is 2.56 bits per heavy atom. The Labute approximate surface area is 89.3 Å². The third-order valence-electron chi connectivity index (χ3n) is 2.74. The van der Waals surface area contributed by atoms with E-state index in [1.807, 2.05) is 0 Å². The van der Waals surface area contributed by atoms with Gasteiger partial charge in [0.05, 0.1) is 0 Å². The lowest BCUT2D eigenvalue weighted by atomic mass is 10.2. The third kappa shape index (κ3) is 1.02. The predicted octanol–water partition coefficient (Wildman–Crippen LogP) is -0.890. The zero-order valence-electron chi connectivity index (χ0n) is 8.19. The van der Waals surface area contributed by atoms with E-state index in [9.17, 15) is 14.4 Å². The van der Waals surface area contributed by atoms with Gasteiger partial charge in [0.1, 0.15) is 17.1 Å². The first kappa shape index (κ1) is 9.08. The summed E-state index contributed by atoms with van der Waals surface area (Å²) in [6.07, 6.45) is 1.62. The van der Waals surface area contributed by atoms with Crippen LogP contribution < -0.4 is 11.4 Å². The van der Waals surface area contributed by atoms with Crippen LogP contribution in [0.4, 0.5) is 5.82 Å². The van der Waals surface area contributed by atoms with Gasteiger partial charge in [-0.05, 0) is 12.8 Å². The van der Waals surface area contributed by atoms with E-state index in [1.54, 1.807) is 0 Å². The number of carbonyl (C=O) groups excluding carboxylic acids is 2. The molecule has 3 N–H and O–H groups in total. The summed E-state index contributed by atoms with van der Waals surface area (Å²) in [5.74, 6) is -1.11. The molecule has 0 unspecified atom stereocenters. The van der Waals surface area contributed by atoms with Crippen LogP contribution >= 0.6 is 0 Å². The molecule has 16 heavy (non-hydrogen) atoms. The average Bonchev–Trinajstić information content (AvgIpc) is 2.97. The number of nitrogens with one attached hydrogen (secondary N) is 1. The fourth-order valence-electron chi connectivity index (χ4n) is 1.87. The molecule has 1 saturated carbocycles. The fraction of sp³-hybridized carbons (Fsp3) is 0.333. The second-order valence-electron chi connectivity index (χ2n) is 3.89. The van der Waals surface area contributed by atoms with Crippen LogP contribution in [0, 0.1) is 0 Å². The van der Waals surface area contributed by atoms with Crippen molar-refractivity contribution < 1.29 is 9.59 Å². The van der Waals surface area contributed by atoms with Crippen molar-refractivity contribution in [2.24, 2.45) is 0 Å². The quantitative estimate of drug-likeness (QED) is 0.597. The number of hydrogen-bond donors (Lipinski definition) is 2. The van der Waals surface area contributed by atoms with E-state index in [0.29, 0.717) is 0 Å². The first-order valence-corrected chi connectivity index (χ1v) is 4.87. The highest BCUT2D eigenvalue weighted by Crippen LogP contribution is 2.34. The Hall–Kier alpha value is -2.18. The van der Waals surface area contributed by atoms with Crippen molar-refractivity contribution in [2.45, 2.75) is 18.9 Å². The van der Waals surface area contributed by atoms with E-state index >= 15 is 0 Å². The molecule has 2 amide bonds. The van der Waals surface area contributed by atoms with Gasteiger partial charge >= 0.3 is 5.69 Å². The molecule has 3 rings (SSSR count). The number of carbonyl (C=O) groups is 2. The van der Waals surface area contributed by atoms with E-state index in [0.717, 1.165) is 17.7 Å². The summed E-state index contributed by atoms with van der Waals surface area (Å²) in [6, 6.07) is -0.0460. The Balaban J connectivity index is 2.22. The molecule has 2 heterocycles. The standard InChI is InChI=1S/C9H8N4O3/c10-6-4-5(11-9(16)12-6)8(15)13(7(4)14)3-1-2-3/h3H,1-2H2,(H3,10,11,12,16). The fourth-order valence-corrected chi connectivity index (χ4v) is 1.87. The van der Waals surface area contributed by atoms with E-state index in [1.165, 1.54) is 0 Å². The summed E-state index contributed by atoms with van der Waals surface area (Å²) < 4.78 is 0.